The van der Waals surface area contributed by atoms with Crippen molar-refractivity contribution in [3.8, 4) is 28.1 Å². The van der Waals surface area contributed by atoms with Gasteiger partial charge in [0.2, 0.25) is 0 Å². The summed E-state index contributed by atoms with van der Waals surface area (Å²) in [5.74, 6) is 0. The molecule has 7 aromatic carbocycles. The maximum absolute atomic E-state index is 4.78. The molecule has 49 heavy (non-hydrogen) atoms. The molecule has 0 saturated heterocycles. The van der Waals surface area contributed by atoms with Gasteiger partial charge in [0.25, 0.3) is 0 Å². The first kappa shape index (κ1) is 29.5. The third kappa shape index (κ3) is 4.26. The van der Waals surface area contributed by atoms with Gasteiger partial charge in [0.05, 0.1) is 22.1 Å². The van der Waals surface area contributed by atoms with Crippen LogP contribution in [0.15, 0.2) is 176 Å². The monoisotopic (exact) mass is 802 g/mol. The predicted octanol–water partition coefficient (Wildman–Crippen LogP) is 11.2. The van der Waals surface area contributed by atoms with Crippen molar-refractivity contribution in [3.63, 3.8) is 0 Å². The summed E-state index contributed by atoms with van der Waals surface area (Å²) >= 11 is 0. The Bertz CT molecular complexity index is 2630. The molecule has 1 aliphatic heterocycles. The van der Waals surface area contributed by atoms with Gasteiger partial charge in [-0.3, -0.25) is 0 Å². The average molecular weight is 802 g/mol. The zero-order valence-corrected chi connectivity index (χ0v) is 28.9. The number of benzene rings is 7. The zero-order valence-electron chi connectivity index (χ0n) is 26.5. The molecule has 3 heterocycles. The maximum Gasteiger partial charge on any atom is 0.0742 e. The van der Waals surface area contributed by atoms with Crippen molar-refractivity contribution >= 4 is 32.6 Å². The quantitative estimate of drug-likeness (QED) is 0.162. The largest absolute Gasteiger partial charge is 0.309 e. The van der Waals surface area contributed by atoms with Crippen molar-refractivity contribution in [1.29, 1.82) is 0 Å². The summed E-state index contributed by atoms with van der Waals surface area (Å²) in [4.78, 5) is 4.78. The first-order chi connectivity index (χ1) is 23.8. The standard InChI is InChI=1S/C46H29N2.Ir/c1-3-16-35(17-4-1)46(36-18-5-2-6-19-36)40-22-9-10-24-43(40)48-42-26-25-33(30-39(42)38-21-12-23-41(46)45(38)48)32-14-11-15-34(29-32)44-37-20-8-7-13-31(37)27-28-47-44;/h1-14,16-30H;/q-1;. The second kappa shape index (κ2) is 11.5. The molecule has 1 radical (unpaired) electrons. The van der Waals surface area contributed by atoms with Crippen molar-refractivity contribution < 1.29 is 20.1 Å². The summed E-state index contributed by atoms with van der Waals surface area (Å²) in [6.07, 6.45) is 1.89. The Kier molecular flexibility index (Phi) is 6.95. The molecule has 9 aromatic rings. The molecule has 2 aromatic heterocycles. The van der Waals surface area contributed by atoms with E-state index in [2.05, 4.69) is 174 Å². The van der Waals surface area contributed by atoms with Crippen molar-refractivity contribution in [2.45, 2.75) is 5.41 Å². The predicted molar refractivity (Wildman–Crippen MR) is 198 cm³/mol. The third-order valence-electron chi connectivity index (χ3n) is 10.2. The number of aromatic nitrogens is 2. The molecule has 0 N–H and O–H groups in total. The minimum Gasteiger partial charge on any atom is -0.309 e. The van der Waals surface area contributed by atoms with E-state index in [9.17, 15) is 0 Å². The van der Waals surface area contributed by atoms with Crippen LogP contribution in [0.5, 0.6) is 0 Å². The fourth-order valence-corrected chi connectivity index (χ4v) is 8.21. The van der Waals surface area contributed by atoms with Crippen LogP contribution in [0.4, 0.5) is 0 Å². The number of hydrogen-bond donors (Lipinski definition) is 0. The molecule has 3 heteroatoms. The SMILES string of the molecule is [Ir].[c-]1ccc(-c2ccc3c(c2)c2cccc4c2n3-c2ccccc2C4(c2ccccc2)c2ccccc2)cc1-c1nccc2ccccc12. The number of hydrogen-bond acceptors (Lipinski definition) is 1. The number of pyridine rings is 1. The third-order valence-corrected chi connectivity index (χ3v) is 10.2. The maximum atomic E-state index is 4.78. The number of fused-ring (bicyclic) bond motifs is 6. The summed E-state index contributed by atoms with van der Waals surface area (Å²) in [6, 6.07) is 65.2. The Balaban J connectivity index is 0.00000325. The van der Waals surface area contributed by atoms with Gasteiger partial charge in [0.15, 0.2) is 0 Å². The van der Waals surface area contributed by atoms with E-state index in [0.29, 0.717) is 0 Å². The molecule has 0 saturated carbocycles. The van der Waals surface area contributed by atoms with E-state index in [1.165, 1.54) is 60.7 Å². The number of rotatable bonds is 4. The second-order valence-corrected chi connectivity index (χ2v) is 12.6. The first-order valence-corrected chi connectivity index (χ1v) is 16.5. The Morgan fingerprint density at radius 2 is 1.20 bits per heavy atom. The molecule has 0 bridgehead atoms. The van der Waals surface area contributed by atoms with Crippen molar-refractivity contribution in [3.05, 3.63) is 204 Å². The van der Waals surface area contributed by atoms with Crippen LogP contribution in [0, 0.1) is 6.07 Å². The minimum absolute atomic E-state index is 0. The van der Waals surface area contributed by atoms with Gasteiger partial charge in [-0.2, -0.15) is 0 Å². The van der Waals surface area contributed by atoms with Crippen LogP contribution in [0.3, 0.4) is 0 Å². The molecule has 1 aliphatic rings. The van der Waals surface area contributed by atoms with Gasteiger partial charge in [-0.25, -0.2) is 0 Å². The smallest absolute Gasteiger partial charge is 0.0742 e. The second-order valence-electron chi connectivity index (χ2n) is 12.6. The Morgan fingerprint density at radius 1 is 0.531 bits per heavy atom. The molecule has 0 spiro atoms. The molecular formula is C46H29IrN2-. The van der Waals surface area contributed by atoms with E-state index in [-0.39, 0.29) is 20.1 Å². The molecule has 0 aliphatic carbocycles. The molecule has 0 atom stereocenters. The zero-order chi connectivity index (χ0) is 31.7. The van der Waals surface area contributed by atoms with Crippen molar-refractivity contribution in [2.75, 3.05) is 0 Å². The van der Waals surface area contributed by atoms with Crippen LogP contribution in [-0.2, 0) is 25.5 Å². The fraction of sp³-hybridized carbons (Fsp3) is 0.0217. The topological polar surface area (TPSA) is 17.8 Å². The van der Waals surface area contributed by atoms with Crippen molar-refractivity contribution in [2.24, 2.45) is 0 Å². The summed E-state index contributed by atoms with van der Waals surface area (Å²) in [6.45, 7) is 0. The van der Waals surface area contributed by atoms with Crippen LogP contribution < -0.4 is 0 Å². The fourth-order valence-electron chi connectivity index (χ4n) is 8.21. The molecule has 0 fully saturated rings. The van der Waals surface area contributed by atoms with E-state index in [1.807, 2.05) is 12.3 Å². The van der Waals surface area contributed by atoms with E-state index >= 15 is 0 Å². The van der Waals surface area contributed by atoms with Gasteiger partial charge in [-0.1, -0.05) is 127 Å². The summed E-state index contributed by atoms with van der Waals surface area (Å²) in [5.41, 5.74) is 12.6. The number of nitrogens with zero attached hydrogens (tertiary/aromatic N) is 2. The van der Waals surface area contributed by atoms with E-state index in [1.54, 1.807) is 0 Å². The summed E-state index contributed by atoms with van der Waals surface area (Å²) in [5, 5.41) is 4.82. The Morgan fingerprint density at radius 3 is 2.02 bits per heavy atom. The van der Waals surface area contributed by atoms with E-state index in [0.717, 1.165) is 22.2 Å². The average Bonchev–Trinajstić information content (AvgIpc) is 3.50. The van der Waals surface area contributed by atoms with Gasteiger partial charge in [-0.05, 0) is 68.5 Å². The van der Waals surface area contributed by atoms with Gasteiger partial charge < -0.3 is 9.55 Å². The van der Waals surface area contributed by atoms with Gasteiger partial charge in [-0.15, -0.1) is 35.4 Å². The molecule has 0 unspecified atom stereocenters. The van der Waals surface area contributed by atoms with Crippen LogP contribution in [-0.4, -0.2) is 9.55 Å². The van der Waals surface area contributed by atoms with Gasteiger partial charge in [0.1, 0.15) is 0 Å². The minimum atomic E-state index is -0.471. The van der Waals surface area contributed by atoms with Crippen LogP contribution in [0.2, 0.25) is 0 Å². The molecule has 0 amide bonds. The first-order valence-electron chi connectivity index (χ1n) is 16.5. The number of para-hydroxylation sites is 2. The van der Waals surface area contributed by atoms with Crippen LogP contribution >= 0.6 is 0 Å². The van der Waals surface area contributed by atoms with E-state index in [4.69, 9.17) is 4.98 Å². The molecular weight excluding hydrogens is 773 g/mol. The Labute approximate surface area is 298 Å². The normalized spacial score (nSPS) is 12.9. The summed E-state index contributed by atoms with van der Waals surface area (Å²) in [7, 11) is 0. The molecule has 2 nitrogen and oxygen atoms in total. The van der Waals surface area contributed by atoms with Crippen LogP contribution in [0.1, 0.15) is 22.3 Å². The van der Waals surface area contributed by atoms with Crippen molar-refractivity contribution in [1.82, 2.24) is 9.55 Å². The van der Waals surface area contributed by atoms with Crippen LogP contribution in [0.25, 0.3) is 60.6 Å². The van der Waals surface area contributed by atoms with Gasteiger partial charge in [0, 0.05) is 37.1 Å². The van der Waals surface area contributed by atoms with E-state index < -0.39 is 5.41 Å². The molecule has 233 valence electrons. The van der Waals surface area contributed by atoms with Gasteiger partial charge >= 0.3 is 0 Å². The Hall–Kier alpha value is -5.60. The summed E-state index contributed by atoms with van der Waals surface area (Å²) < 4.78 is 2.49. The molecule has 10 rings (SSSR count).